The molecule has 0 fully saturated rings. The first kappa shape index (κ1) is 15.7. The highest BCUT2D eigenvalue weighted by Crippen LogP contribution is 2.26. The molecule has 0 bridgehead atoms. The molecule has 0 spiro atoms. The Morgan fingerprint density at radius 1 is 1.27 bits per heavy atom. The molecule has 0 aliphatic rings. The lowest BCUT2D eigenvalue weighted by Gasteiger charge is -2.08. The van der Waals surface area contributed by atoms with Crippen LogP contribution in [0.3, 0.4) is 0 Å². The van der Waals surface area contributed by atoms with Gasteiger partial charge in [0.25, 0.3) is 5.69 Å². The monoisotopic (exact) mass is 324 g/mol. The minimum Gasteiger partial charge on any atom is -0.444 e. The largest absolute Gasteiger partial charge is 0.444 e. The van der Waals surface area contributed by atoms with Crippen LogP contribution >= 0.6 is 11.6 Å². The van der Waals surface area contributed by atoms with Gasteiger partial charge in [0, 0.05) is 12.1 Å². The molecule has 6 nitrogen and oxygen atoms in total. The molecule has 2 rings (SSSR count). The molecule has 0 saturated carbocycles. The normalized spacial score (nSPS) is 10.1. The SMILES string of the molecule is O=C(Nc1ccc([N+](=O)[O-])cc1Cl)OCc1ccc(F)cc1. The minimum absolute atomic E-state index is 0.0212. The molecule has 0 radical (unpaired) electrons. The number of halogens is 2. The number of ether oxygens (including phenoxy) is 1. The Balaban J connectivity index is 1.94. The zero-order valence-electron chi connectivity index (χ0n) is 11.1. The number of nitro groups is 1. The highest BCUT2D eigenvalue weighted by molar-refractivity contribution is 6.33. The summed E-state index contributed by atoms with van der Waals surface area (Å²) in [5.41, 5.74) is 0.623. The number of anilines is 1. The van der Waals surface area contributed by atoms with Crippen LogP contribution in [0, 0.1) is 15.9 Å². The molecule has 0 aromatic heterocycles. The Labute approximate surface area is 129 Å². The fourth-order valence-corrected chi connectivity index (χ4v) is 1.82. The third-order valence-electron chi connectivity index (χ3n) is 2.68. The van der Waals surface area contributed by atoms with Crippen LogP contribution in [0.15, 0.2) is 42.5 Å². The Kier molecular flexibility index (Phi) is 4.90. The van der Waals surface area contributed by atoms with E-state index in [0.29, 0.717) is 5.56 Å². The lowest BCUT2D eigenvalue weighted by molar-refractivity contribution is -0.384. The zero-order valence-corrected chi connectivity index (χ0v) is 11.8. The van der Waals surface area contributed by atoms with Crippen molar-refractivity contribution in [1.29, 1.82) is 0 Å². The van der Waals surface area contributed by atoms with Gasteiger partial charge >= 0.3 is 6.09 Å². The predicted molar refractivity (Wildman–Crippen MR) is 78.3 cm³/mol. The van der Waals surface area contributed by atoms with Crippen LogP contribution in [0.25, 0.3) is 0 Å². The maximum Gasteiger partial charge on any atom is 0.412 e. The molecular weight excluding hydrogens is 315 g/mol. The van der Waals surface area contributed by atoms with Crippen molar-refractivity contribution in [3.05, 3.63) is 69.0 Å². The summed E-state index contributed by atoms with van der Waals surface area (Å²) in [5.74, 6) is -0.383. The predicted octanol–water partition coefficient (Wildman–Crippen LogP) is 4.14. The summed E-state index contributed by atoms with van der Waals surface area (Å²) in [6.45, 7) is -0.0449. The van der Waals surface area contributed by atoms with Gasteiger partial charge in [0.1, 0.15) is 12.4 Å². The highest BCUT2D eigenvalue weighted by Gasteiger charge is 2.12. The first-order chi connectivity index (χ1) is 10.5. The van der Waals surface area contributed by atoms with Crippen molar-refractivity contribution in [3.63, 3.8) is 0 Å². The fourth-order valence-electron chi connectivity index (χ4n) is 1.59. The number of benzene rings is 2. The second-order valence-corrected chi connectivity index (χ2v) is 4.66. The van der Waals surface area contributed by atoms with Gasteiger partial charge in [-0.1, -0.05) is 23.7 Å². The third kappa shape index (κ3) is 4.16. The van der Waals surface area contributed by atoms with E-state index in [1.807, 2.05) is 0 Å². The molecule has 114 valence electrons. The summed E-state index contributed by atoms with van der Waals surface area (Å²) in [6, 6.07) is 9.12. The van der Waals surface area contributed by atoms with Crippen LogP contribution < -0.4 is 5.32 Å². The van der Waals surface area contributed by atoms with Crippen molar-refractivity contribution >= 4 is 29.1 Å². The summed E-state index contributed by atoms with van der Waals surface area (Å²) >= 11 is 5.84. The molecular formula is C14H10ClFN2O4. The second kappa shape index (κ2) is 6.86. The molecule has 0 aliphatic heterocycles. The molecule has 0 unspecified atom stereocenters. The van der Waals surface area contributed by atoms with Gasteiger partial charge in [0.15, 0.2) is 0 Å². The van der Waals surface area contributed by atoms with Crippen molar-refractivity contribution in [2.45, 2.75) is 6.61 Å². The molecule has 8 heteroatoms. The van der Waals surface area contributed by atoms with E-state index in [2.05, 4.69) is 5.32 Å². The molecule has 1 N–H and O–H groups in total. The number of carbonyl (C=O) groups is 1. The maximum absolute atomic E-state index is 12.7. The van der Waals surface area contributed by atoms with Crippen molar-refractivity contribution in [2.75, 3.05) is 5.32 Å². The summed E-state index contributed by atoms with van der Waals surface area (Å²) in [5, 5.41) is 13.0. The number of carbonyl (C=O) groups excluding carboxylic acids is 1. The lowest BCUT2D eigenvalue weighted by Crippen LogP contribution is -2.13. The Hall–Kier alpha value is -2.67. The number of nitrogens with one attached hydrogen (secondary N) is 1. The van der Waals surface area contributed by atoms with E-state index in [-0.39, 0.29) is 28.8 Å². The second-order valence-electron chi connectivity index (χ2n) is 4.25. The molecule has 1 amide bonds. The molecule has 0 saturated heterocycles. The smallest absolute Gasteiger partial charge is 0.412 e. The first-order valence-corrected chi connectivity index (χ1v) is 6.45. The van der Waals surface area contributed by atoms with Crippen LogP contribution in [0.5, 0.6) is 0 Å². The molecule has 0 heterocycles. The van der Waals surface area contributed by atoms with Crippen LogP contribution in [0.2, 0.25) is 5.02 Å². The molecule has 22 heavy (non-hydrogen) atoms. The van der Waals surface area contributed by atoms with E-state index < -0.39 is 11.0 Å². The van der Waals surface area contributed by atoms with Crippen LogP contribution in [0.4, 0.5) is 20.6 Å². The summed E-state index contributed by atoms with van der Waals surface area (Å²) < 4.78 is 17.7. The van der Waals surface area contributed by atoms with Gasteiger partial charge in [-0.05, 0) is 23.8 Å². The molecule has 2 aromatic rings. The molecule has 0 atom stereocenters. The average molecular weight is 325 g/mol. The Bertz CT molecular complexity index is 706. The van der Waals surface area contributed by atoms with Crippen molar-refractivity contribution < 1.29 is 18.8 Å². The van der Waals surface area contributed by atoms with E-state index in [1.165, 1.54) is 36.4 Å². The zero-order chi connectivity index (χ0) is 16.1. The van der Waals surface area contributed by atoms with Crippen molar-refractivity contribution in [3.8, 4) is 0 Å². The number of nitro benzene ring substituents is 1. The standard InChI is InChI=1S/C14H10ClFN2O4/c15-12-7-11(18(20)21)5-6-13(12)17-14(19)22-8-9-1-3-10(16)4-2-9/h1-7H,8H2,(H,17,19). The van der Waals surface area contributed by atoms with E-state index in [1.54, 1.807) is 0 Å². The van der Waals surface area contributed by atoms with E-state index in [9.17, 15) is 19.3 Å². The van der Waals surface area contributed by atoms with Crippen LogP contribution in [-0.2, 0) is 11.3 Å². The van der Waals surface area contributed by atoms with Crippen LogP contribution in [0.1, 0.15) is 5.56 Å². The summed E-state index contributed by atoms with van der Waals surface area (Å²) in [7, 11) is 0. The van der Waals surface area contributed by atoms with Gasteiger partial charge in [-0.3, -0.25) is 15.4 Å². The lowest BCUT2D eigenvalue weighted by atomic mass is 10.2. The van der Waals surface area contributed by atoms with E-state index in [0.717, 1.165) is 6.07 Å². The Morgan fingerprint density at radius 3 is 2.55 bits per heavy atom. The van der Waals surface area contributed by atoms with E-state index >= 15 is 0 Å². The van der Waals surface area contributed by atoms with Crippen LogP contribution in [-0.4, -0.2) is 11.0 Å². The first-order valence-electron chi connectivity index (χ1n) is 6.08. The molecule has 0 aliphatic carbocycles. The topological polar surface area (TPSA) is 81.5 Å². The maximum atomic E-state index is 12.7. The number of rotatable bonds is 4. The number of amides is 1. The van der Waals surface area contributed by atoms with Crippen molar-refractivity contribution in [1.82, 2.24) is 0 Å². The number of hydrogen-bond donors (Lipinski definition) is 1. The van der Waals surface area contributed by atoms with Crippen molar-refractivity contribution in [2.24, 2.45) is 0 Å². The third-order valence-corrected chi connectivity index (χ3v) is 3.00. The number of hydrogen-bond acceptors (Lipinski definition) is 4. The number of non-ortho nitro benzene ring substituents is 1. The van der Waals surface area contributed by atoms with Gasteiger partial charge in [0.2, 0.25) is 0 Å². The average Bonchev–Trinajstić information content (AvgIpc) is 2.48. The van der Waals surface area contributed by atoms with Gasteiger partial charge in [-0.25, -0.2) is 9.18 Å². The van der Waals surface area contributed by atoms with Gasteiger partial charge < -0.3 is 4.74 Å². The fraction of sp³-hybridized carbons (Fsp3) is 0.0714. The van der Waals surface area contributed by atoms with E-state index in [4.69, 9.17) is 16.3 Å². The quantitative estimate of drug-likeness (QED) is 0.677. The van der Waals surface area contributed by atoms with Gasteiger partial charge in [0.05, 0.1) is 15.6 Å². The molecule has 2 aromatic carbocycles. The highest BCUT2D eigenvalue weighted by atomic mass is 35.5. The summed E-state index contributed by atoms with van der Waals surface area (Å²) in [6.07, 6.45) is -0.778. The number of nitrogens with zero attached hydrogens (tertiary/aromatic N) is 1. The minimum atomic E-state index is -0.778. The van der Waals surface area contributed by atoms with Gasteiger partial charge in [-0.15, -0.1) is 0 Å². The Morgan fingerprint density at radius 2 is 1.95 bits per heavy atom. The van der Waals surface area contributed by atoms with Gasteiger partial charge in [-0.2, -0.15) is 0 Å². The summed E-state index contributed by atoms with van der Waals surface area (Å²) in [4.78, 5) is 21.6.